The molecule has 6 N–H and O–H groups in total. The van der Waals surface area contributed by atoms with E-state index in [2.05, 4.69) is 0 Å². The van der Waals surface area contributed by atoms with Gasteiger partial charge in [0, 0.05) is 18.6 Å². The maximum atomic E-state index is 13.3. The number of hydrogen-bond donors (Lipinski definition) is 6. The van der Waals surface area contributed by atoms with Crippen LogP contribution in [0.15, 0.2) is 33.5 Å². The largest absolute Gasteiger partial charge is 0.504 e. The number of aryl methyl sites for hydroxylation is 1. The number of aliphatic hydroxyl groups excluding tert-OH is 4. The van der Waals surface area contributed by atoms with Crippen LogP contribution in [0.1, 0.15) is 25.8 Å². The number of esters is 1. The second-order valence-electron chi connectivity index (χ2n) is 10.5. The third-order valence-corrected chi connectivity index (χ3v) is 7.37. The number of benzene rings is 2. The van der Waals surface area contributed by atoms with Crippen LogP contribution in [-0.2, 0) is 20.7 Å². The number of fused-ring (bicyclic) bond motifs is 1. The van der Waals surface area contributed by atoms with Gasteiger partial charge in [0.25, 0.3) is 0 Å². The first kappa shape index (κ1) is 32.8. The van der Waals surface area contributed by atoms with Gasteiger partial charge in [0.05, 0.1) is 27.4 Å². The summed E-state index contributed by atoms with van der Waals surface area (Å²) in [5, 5.41) is 61.5. The molecule has 1 saturated heterocycles. The van der Waals surface area contributed by atoms with Crippen LogP contribution in [0.2, 0.25) is 0 Å². The van der Waals surface area contributed by atoms with Crippen molar-refractivity contribution < 1.29 is 63.5 Å². The lowest BCUT2D eigenvalue weighted by molar-refractivity contribution is -0.277. The van der Waals surface area contributed by atoms with Crippen molar-refractivity contribution in [1.29, 1.82) is 0 Å². The number of phenols is 1. The fourth-order valence-electron chi connectivity index (χ4n) is 4.91. The zero-order valence-corrected chi connectivity index (χ0v) is 24.6. The highest BCUT2D eigenvalue weighted by Gasteiger charge is 2.45. The molecule has 44 heavy (non-hydrogen) atoms. The number of ether oxygens (including phenoxy) is 5. The van der Waals surface area contributed by atoms with Crippen molar-refractivity contribution in [2.75, 3.05) is 27.4 Å². The van der Waals surface area contributed by atoms with Crippen molar-refractivity contribution in [2.45, 2.75) is 57.4 Å². The summed E-state index contributed by atoms with van der Waals surface area (Å²) in [6.45, 7) is 2.82. The Kier molecular flexibility index (Phi) is 10.2. The molecule has 1 fully saturated rings. The summed E-state index contributed by atoms with van der Waals surface area (Å²) in [4.78, 5) is 24.4. The van der Waals surface area contributed by atoms with Gasteiger partial charge in [-0.3, -0.25) is 9.59 Å². The average Bonchev–Trinajstić information content (AvgIpc) is 3.00. The highest BCUT2D eigenvalue weighted by Crippen LogP contribution is 2.45. The molecule has 14 nitrogen and oxygen atoms in total. The molecule has 0 spiro atoms. The van der Waals surface area contributed by atoms with E-state index in [0.29, 0.717) is 24.2 Å². The summed E-state index contributed by atoms with van der Waals surface area (Å²) in [6, 6.07) is 6.06. The lowest BCUT2D eigenvalue weighted by atomic mass is 9.98. The third kappa shape index (κ3) is 6.54. The van der Waals surface area contributed by atoms with Crippen LogP contribution in [0, 0.1) is 5.92 Å². The van der Waals surface area contributed by atoms with Crippen LogP contribution < -0.4 is 19.6 Å². The highest BCUT2D eigenvalue weighted by atomic mass is 16.7. The highest BCUT2D eigenvalue weighted by molar-refractivity contribution is 5.91. The van der Waals surface area contributed by atoms with Crippen molar-refractivity contribution in [1.82, 2.24) is 0 Å². The zero-order chi connectivity index (χ0) is 32.3. The standard InChI is InChI=1S/C30H36O14/c1-13(12-41-14(2)32)5-6-15-9-16(7-8-17(15)39-3)28-26(37)23(34)21-18(42-28)10-19(29(40-4)24(21)35)43-30-27(38)25(36)22(33)20(11-31)44-30/h7-10,13,20,22,25,27,30-31,33,35-38H,5-6,11-12H2,1-4H3/t13-,20-,22-,25+,27-,30-/m0/s1. The second kappa shape index (κ2) is 13.7. The van der Waals surface area contributed by atoms with Crippen LogP contribution in [0.5, 0.6) is 28.7 Å². The van der Waals surface area contributed by atoms with Gasteiger partial charge in [-0.2, -0.15) is 0 Å². The Hall–Kier alpha value is -4.08. The molecule has 0 radical (unpaired) electrons. The van der Waals surface area contributed by atoms with Gasteiger partial charge >= 0.3 is 5.97 Å². The van der Waals surface area contributed by atoms with Gasteiger partial charge in [0.15, 0.2) is 17.3 Å². The number of aromatic hydroxyl groups is 2. The van der Waals surface area contributed by atoms with Crippen molar-refractivity contribution in [3.63, 3.8) is 0 Å². The molecule has 2 aromatic carbocycles. The first-order valence-electron chi connectivity index (χ1n) is 13.8. The predicted octanol–water partition coefficient (Wildman–Crippen LogP) is 1.20. The fraction of sp³-hybridized carbons (Fsp3) is 0.467. The zero-order valence-electron chi connectivity index (χ0n) is 24.6. The molecular weight excluding hydrogens is 584 g/mol. The number of aliphatic hydroxyl groups is 4. The van der Waals surface area contributed by atoms with Gasteiger partial charge in [-0.25, -0.2) is 0 Å². The molecule has 240 valence electrons. The smallest absolute Gasteiger partial charge is 0.302 e. The van der Waals surface area contributed by atoms with Gasteiger partial charge in [-0.1, -0.05) is 6.92 Å². The van der Waals surface area contributed by atoms with Crippen LogP contribution in [-0.4, -0.2) is 94.7 Å². The molecule has 3 aromatic rings. The molecule has 1 aliphatic heterocycles. The molecule has 14 heteroatoms. The Morgan fingerprint density at radius 1 is 1.00 bits per heavy atom. The summed E-state index contributed by atoms with van der Waals surface area (Å²) in [5.74, 6) is -2.17. The van der Waals surface area contributed by atoms with Crippen LogP contribution in [0.25, 0.3) is 22.3 Å². The number of hydrogen-bond acceptors (Lipinski definition) is 14. The van der Waals surface area contributed by atoms with Crippen LogP contribution >= 0.6 is 0 Å². The maximum absolute atomic E-state index is 13.3. The number of carbonyl (C=O) groups excluding carboxylic acids is 1. The minimum Gasteiger partial charge on any atom is -0.504 e. The van der Waals surface area contributed by atoms with E-state index in [9.17, 15) is 40.2 Å². The number of carbonyl (C=O) groups is 1. The van der Waals surface area contributed by atoms with Gasteiger partial charge in [-0.05, 0) is 42.5 Å². The van der Waals surface area contributed by atoms with Crippen LogP contribution in [0.3, 0.4) is 0 Å². The number of methoxy groups -OCH3 is 2. The summed E-state index contributed by atoms with van der Waals surface area (Å²) < 4.78 is 32.7. The van der Waals surface area contributed by atoms with E-state index < -0.39 is 59.6 Å². The van der Waals surface area contributed by atoms with Crippen molar-refractivity contribution in [3.8, 4) is 40.1 Å². The molecule has 2 heterocycles. The Morgan fingerprint density at radius 3 is 2.36 bits per heavy atom. The first-order chi connectivity index (χ1) is 20.9. The summed E-state index contributed by atoms with van der Waals surface area (Å²) >= 11 is 0. The molecule has 1 aliphatic rings. The topological polar surface area (TPSA) is 215 Å². The van der Waals surface area contributed by atoms with E-state index in [-0.39, 0.29) is 41.3 Å². The first-order valence-corrected chi connectivity index (χ1v) is 13.8. The minimum atomic E-state index is -1.77. The van der Waals surface area contributed by atoms with E-state index in [4.69, 9.17) is 28.1 Å². The van der Waals surface area contributed by atoms with E-state index in [1.165, 1.54) is 27.2 Å². The van der Waals surface area contributed by atoms with Crippen molar-refractivity contribution in [3.05, 3.63) is 40.1 Å². The minimum absolute atomic E-state index is 0.0411. The Morgan fingerprint density at radius 2 is 1.73 bits per heavy atom. The monoisotopic (exact) mass is 620 g/mol. The quantitative estimate of drug-likeness (QED) is 0.166. The van der Waals surface area contributed by atoms with Crippen LogP contribution in [0.4, 0.5) is 0 Å². The van der Waals surface area contributed by atoms with Crippen molar-refractivity contribution in [2.24, 2.45) is 5.92 Å². The number of phenolic OH excluding ortho intramolecular Hbond substituents is 1. The van der Waals surface area contributed by atoms with Gasteiger partial charge in [0.2, 0.25) is 23.2 Å². The molecule has 0 unspecified atom stereocenters. The Labute approximate surface area is 251 Å². The molecule has 4 rings (SSSR count). The van der Waals surface area contributed by atoms with Gasteiger partial charge in [-0.15, -0.1) is 0 Å². The molecule has 1 aromatic heterocycles. The molecule has 0 bridgehead atoms. The molecule has 0 saturated carbocycles. The van der Waals surface area contributed by atoms with E-state index in [1.54, 1.807) is 18.2 Å². The predicted molar refractivity (Wildman–Crippen MR) is 153 cm³/mol. The number of rotatable bonds is 11. The normalized spacial score (nSPS) is 22.4. The SMILES string of the molecule is COc1ccc(-c2oc3cc(O[C@H]4O[C@@H](CO)[C@H](O)[C@@H](O)[C@@H]4O)c(OC)c(O)c3c(=O)c2O)cc1CC[C@H](C)COC(C)=O. The van der Waals surface area contributed by atoms with Gasteiger partial charge < -0.3 is 58.7 Å². The summed E-state index contributed by atoms with van der Waals surface area (Å²) in [7, 11) is 2.67. The van der Waals surface area contributed by atoms with E-state index in [1.807, 2.05) is 6.92 Å². The molecule has 0 amide bonds. The second-order valence-corrected chi connectivity index (χ2v) is 10.5. The van der Waals surface area contributed by atoms with E-state index >= 15 is 0 Å². The molecular formula is C30H36O14. The Bertz CT molecular complexity index is 1550. The molecule has 0 aliphatic carbocycles. The summed E-state index contributed by atoms with van der Waals surface area (Å²) in [5.41, 5.74) is -0.153. The summed E-state index contributed by atoms with van der Waals surface area (Å²) in [6.07, 6.45) is -6.90. The van der Waals surface area contributed by atoms with Crippen molar-refractivity contribution >= 4 is 16.9 Å². The Balaban J connectivity index is 1.74. The maximum Gasteiger partial charge on any atom is 0.302 e. The van der Waals surface area contributed by atoms with E-state index in [0.717, 1.165) is 5.56 Å². The van der Waals surface area contributed by atoms with Gasteiger partial charge in [0.1, 0.15) is 41.1 Å². The lowest BCUT2D eigenvalue weighted by Gasteiger charge is -2.39. The average molecular weight is 621 g/mol. The molecule has 6 atom stereocenters. The lowest BCUT2D eigenvalue weighted by Crippen LogP contribution is -2.60. The fourth-order valence-corrected chi connectivity index (χ4v) is 4.91. The third-order valence-electron chi connectivity index (χ3n) is 7.37.